The maximum Gasteiger partial charge on any atom is 0.434 e. The van der Waals surface area contributed by atoms with Gasteiger partial charge in [-0.25, -0.2) is 4.98 Å². The molecule has 2 heterocycles. The highest BCUT2D eigenvalue weighted by atomic mass is 19.4. The van der Waals surface area contributed by atoms with Crippen molar-refractivity contribution < 1.29 is 26.3 Å². The maximum atomic E-state index is 13.5. The number of fused-ring (bicyclic) bond motifs is 1. The van der Waals surface area contributed by atoms with E-state index < -0.39 is 29.1 Å². The van der Waals surface area contributed by atoms with Crippen molar-refractivity contribution in [3.05, 3.63) is 59.4 Å². The number of benzene rings is 1. The van der Waals surface area contributed by atoms with Crippen LogP contribution >= 0.6 is 0 Å². The summed E-state index contributed by atoms with van der Waals surface area (Å²) >= 11 is 0. The second-order valence-corrected chi connectivity index (χ2v) is 5.37. The van der Waals surface area contributed by atoms with Crippen molar-refractivity contribution in [2.45, 2.75) is 19.3 Å². The van der Waals surface area contributed by atoms with E-state index in [1.807, 2.05) is 0 Å². The first-order valence-corrected chi connectivity index (χ1v) is 7.10. The van der Waals surface area contributed by atoms with Crippen LogP contribution in [-0.2, 0) is 12.4 Å². The molecule has 0 saturated carbocycles. The SMILES string of the molecule is Cc1c(-c2ccccn2)c(C(F)(F)F)nc2c(C(F)(F)F)cccc12. The Bertz CT molecular complexity index is 930. The molecule has 0 amide bonds. The highest BCUT2D eigenvalue weighted by molar-refractivity contribution is 5.91. The Morgan fingerprint density at radius 2 is 1.56 bits per heavy atom. The topological polar surface area (TPSA) is 25.8 Å². The number of para-hydroxylation sites is 1. The van der Waals surface area contributed by atoms with Crippen molar-refractivity contribution in [1.82, 2.24) is 9.97 Å². The molecule has 25 heavy (non-hydrogen) atoms. The standard InChI is InChI=1S/C17H10F6N2/c1-9-10-5-4-6-11(16(18,19)20)14(10)25-15(17(21,22)23)13(9)12-7-2-3-8-24-12/h2-8H,1H3. The van der Waals surface area contributed by atoms with E-state index in [0.29, 0.717) is 0 Å². The molecule has 0 fully saturated rings. The lowest BCUT2D eigenvalue weighted by Gasteiger charge is -2.18. The second kappa shape index (κ2) is 5.72. The maximum absolute atomic E-state index is 13.5. The molecular formula is C17H10F6N2. The first kappa shape index (κ1) is 17.2. The molecule has 0 bridgehead atoms. The molecule has 0 aliphatic heterocycles. The summed E-state index contributed by atoms with van der Waals surface area (Å²) in [5.41, 5.74) is -3.58. The van der Waals surface area contributed by atoms with Crippen molar-refractivity contribution in [3.63, 3.8) is 0 Å². The number of halogens is 6. The van der Waals surface area contributed by atoms with Crippen LogP contribution in [0.15, 0.2) is 42.6 Å². The average molecular weight is 356 g/mol. The summed E-state index contributed by atoms with van der Waals surface area (Å²) in [6.07, 6.45) is -8.43. The number of rotatable bonds is 1. The number of alkyl halides is 6. The number of aromatic nitrogens is 2. The van der Waals surface area contributed by atoms with Crippen molar-refractivity contribution in [3.8, 4) is 11.3 Å². The Labute approximate surface area is 138 Å². The number of aryl methyl sites for hydroxylation is 1. The number of pyridine rings is 2. The van der Waals surface area contributed by atoms with Gasteiger partial charge in [-0.1, -0.05) is 18.2 Å². The van der Waals surface area contributed by atoms with E-state index >= 15 is 0 Å². The molecule has 8 heteroatoms. The first-order chi connectivity index (χ1) is 11.6. The van der Waals surface area contributed by atoms with Crippen LogP contribution in [0, 0.1) is 6.92 Å². The fourth-order valence-electron chi connectivity index (χ4n) is 2.70. The highest BCUT2D eigenvalue weighted by Crippen LogP contribution is 2.42. The van der Waals surface area contributed by atoms with Crippen LogP contribution in [-0.4, -0.2) is 9.97 Å². The van der Waals surface area contributed by atoms with Crippen LogP contribution in [0.3, 0.4) is 0 Å². The van der Waals surface area contributed by atoms with Crippen molar-refractivity contribution >= 4 is 10.9 Å². The van der Waals surface area contributed by atoms with Gasteiger partial charge in [0.25, 0.3) is 0 Å². The van der Waals surface area contributed by atoms with E-state index in [4.69, 9.17) is 0 Å². The zero-order chi connectivity index (χ0) is 18.4. The summed E-state index contributed by atoms with van der Waals surface area (Å²) in [5.74, 6) is 0. The third kappa shape index (κ3) is 3.04. The first-order valence-electron chi connectivity index (χ1n) is 7.10. The minimum absolute atomic E-state index is 0.000799. The molecule has 0 aliphatic rings. The lowest BCUT2D eigenvalue weighted by Crippen LogP contribution is -2.14. The third-order valence-corrected chi connectivity index (χ3v) is 3.77. The Balaban J connectivity index is 2.47. The van der Waals surface area contributed by atoms with E-state index in [1.54, 1.807) is 0 Å². The van der Waals surface area contributed by atoms with Crippen LogP contribution in [0.4, 0.5) is 26.3 Å². The van der Waals surface area contributed by atoms with Gasteiger partial charge in [0.05, 0.1) is 16.8 Å². The molecule has 2 aromatic heterocycles. The van der Waals surface area contributed by atoms with E-state index in [0.717, 1.165) is 12.1 Å². The van der Waals surface area contributed by atoms with Crippen molar-refractivity contribution in [1.29, 1.82) is 0 Å². The normalized spacial score (nSPS) is 12.6. The molecule has 3 rings (SSSR count). The summed E-state index contributed by atoms with van der Waals surface area (Å²) in [6.45, 7) is 1.34. The summed E-state index contributed by atoms with van der Waals surface area (Å²) in [6, 6.07) is 7.57. The van der Waals surface area contributed by atoms with Gasteiger partial charge in [-0.15, -0.1) is 0 Å². The van der Waals surface area contributed by atoms with Gasteiger partial charge in [0.2, 0.25) is 0 Å². The predicted molar refractivity (Wildman–Crippen MR) is 79.7 cm³/mol. The monoisotopic (exact) mass is 356 g/mol. The van der Waals surface area contributed by atoms with E-state index in [9.17, 15) is 26.3 Å². The molecule has 0 atom stereocenters. The number of nitrogens with zero attached hydrogens (tertiary/aromatic N) is 2. The van der Waals surface area contributed by atoms with Gasteiger partial charge >= 0.3 is 12.4 Å². The van der Waals surface area contributed by atoms with Gasteiger partial charge in [-0.3, -0.25) is 4.98 Å². The van der Waals surface area contributed by atoms with Crippen LogP contribution in [0.2, 0.25) is 0 Å². The van der Waals surface area contributed by atoms with Gasteiger partial charge in [-0.05, 0) is 30.7 Å². The molecule has 0 radical (unpaired) electrons. The van der Waals surface area contributed by atoms with Crippen LogP contribution < -0.4 is 0 Å². The minimum atomic E-state index is -4.93. The molecule has 0 spiro atoms. The molecule has 0 aliphatic carbocycles. The Morgan fingerprint density at radius 1 is 0.840 bits per heavy atom. The molecule has 1 aromatic carbocycles. The summed E-state index contributed by atoms with van der Waals surface area (Å²) in [4.78, 5) is 7.26. The molecular weight excluding hydrogens is 346 g/mol. The molecule has 130 valence electrons. The molecule has 3 aromatic rings. The largest absolute Gasteiger partial charge is 0.434 e. The van der Waals surface area contributed by atoms with Gasteiger partial charge in [0.15, 0.2) is 5.69 Å². The van der Waals surface area contributed by atoms with Gasteiger partial charge < -0.3 is 0 Å². The zero-order valence-corrected chi connectivity index (χ0v) is 12.7. The molecule has 0 saturated heterocycles. The van der Waals surface area contributed by atoms with Gasteiger partial charge in [0.1, 0.15) is 0 Å². The predicted octanol–water partition coefficient (Wildman–Crippen LogP) is 5.64. The quantitative estimate of drug-likeness (QED) is 0.527. The van der Waals surface area contributed by atoms with Crippen LogP contribution in [0.25, 0.3) is 22.2 Å². The van der Waals surface area contributed by atoms with E-state index in [1.165, 1.54) is 37.4 Å². The Morgan fingerprint density at radius 3 is 2.12 bits per heavy atom. The average Bonchev–Trinajstić information content (AvgIpc) is 2.53. The fourth-order valence-corrected chi connectivity index (χ4v) is 2.70. The van der Waals surface area contributed by atoms with Gasteiger partial charge in [-0.2, -0.15) is 26.3 Å². The lowest BCUT2D eigenvalue weighted by molar-refractivity contribution is -0.141. The van der Waals surface area contributed by atoms with Gasteiger partial charge in [0, 0.05) is 17.1 Å². The fraction of sp³-hybridized carbons (Fsp3) is 0.176. The smallest absolute Gasteiger partial charge is 0.256 e. The van der Waals surface area contributed by atoms with Crippen LogP contribution in [0.5, 0.6) is 0 Å². The minimum Gasteiger partial charge on any atom is -0.256 e. The molecule has 0 N–H and O–H groups in total. The Hall–Kier alpha value is -2.64. The number of hydrogen-bond donors (Lipinski definition) is 0. The van der Waals surface area contributed by atoms with E-state index in [2.05, 4.69) is 9.97 Å². The highest BCUT2D eigenvalue weighted by Gasteiger charge is 2.40. The zero-order valence-electron chi connectivity index (χ0n) is 12.7. The molecule has 2 nitrogen and oxygen atoms in total. The Kier molecular flexibility index (Phi) is 3.93. The summed E-state index contributed by atoms with van der Waals surface area (Å²) < 4.78 is 80.0. The lowest BCUT2D eigenvalue weighted by atomic mass is 9.96. The van der Waals surface area contributed by atoms with Crippen molar-refractivity contribution in [2.24, 2.45) is 0 Å². The summed E-state index contributed by atoms with van der Waals surface area (Å²) in [7, 11) is 0. The second-order valence-electron chi connectivity index (χ2n) is 5.37. The number of hydrogen-bond acceptors (Lipinski definition) is 2. The summed E-state index contributed by atoms with van der Waals surface area (Å²) in [5, 5.41) is 0.00322. The molecule has 0 unspecified atom stereocenters. The third-order valence-electron chi connectivity index (χ3n) is 3.77. The van der Waals surface area contributed by atoms with Crippen LogP contribution in [0.1, 0.15) is 16.8 Å². The van der Waals surface area contributed by atoms with E-state index in [-0.39, 0.29) is 22.2 Å². The van der Waals surface area contributed by atoms with Crippen molar-refractivity contribution in [2.75, 3.05) is 0 Å².